The number of ether oxygens (including phenoxy) is 2. The smallest absolute Gasteiger partial charge is 0.231 e. The largest absolute Gasteiger partial charge is 0.454 e. The number of hydrogen-bond acceptors (Lipinski definition) is 4. The van der Waals surface area contributed by atoms with E-state index < -0.39 is 0 Å². The molecule has 0 saturated heterocycles. The molecule has 0 aromatic heterocycles. The Labute approximate surface area is 174 Å². The third kappa shape index (κ3) is 4.97. The molecule has 0 atom stereocenters. The molecule has 3 aromatic carbocycles. The number of hydrogen-bond donors (Lipinski definition) is 2. The average molecular weight is 409 g/mol. The lowest BCUT2D eigenvalue weighted by molar-refractivity contribution is 0.174. The Morgan fingerprint density at radius 2 is 1.64 bits per heavy atom. The molecule has 4 nitrogen and oxygen atoms in total. The molecule has 0 saturated carbocycles. The third-order valence-corrected chi connectivity index (χ3v) is 5.58. The summed E-state index contributed by atoms with van der Waals surface area (Å²) in [5, 5.41) is 7.03. The first kappa shape index (κ1) is 18.7. The highest BCUT2D eigenvalue weighted by molar-refractivity contribution is 7.98. The molecule has 1 aliphatic rings. The molecule has 6 heteroatoms. The Morgan fingerprint density at radius 1 is 0.893 bits per heavy atom. The summed E-state index contributed by atoms with van der Waals surface area (Å²) in [6.45, 7) is 0.903. The van der Waals surface area contributed by atoms with Crippen LogP contribution in [0.15, 0.2) is 77.7 Å². The van der Waals surface area contributed by atoms with Crippen molar-refractivity contribution in [1.29, 1.82) is 0 Å². The van der Waals surface area contributed by atoms with Gasteiger partial charge in [0, 0.05) is 22.9 Å². The van der Waals surface area contributed by atoms with E-state index in [9.17, 15) is 0 Å². The van der Waals surface area contributed by atoms with E-state index in [0.29, 0.717) is 11.7 Å². The molecule has 0 aliphatic carbocycles. The average Bonchev–Trinajstić information content (AvgIpc) is 3.20. The molecule has 0 fully saturated rings. The summed E-state index contributed by atoms with van der Waals surface area (Å²) in [5.41, 5.74) is 3.33. The molecule has 3 aromatic rings. The second kappa shape index (κ2) is 8.99. The van der Waals surface area contributed by atoms with Crippen molar-refractivity contribution in [3.05, 3.63) is 83.9 Å². The van der Waals surface area contributed by atoms with Crippen LogP contribution in [0.1, 0.15) is 11.1 Å². The lowest BCUT2D eigenvalue weighted by atomic mass is 10.2. The maximum absolute atomic E-state index is 5.40. The first-order chi connectivity index (χ1) is 13.8. The predicted octanol–water partition coefficient (Wildman–Crippen LogP) is 5.19. The Morgan fingerprint density at radius 3 is 2.46 bits per heavy atom. The second-order valence-corrected chi connectivity index (χ2v) is 7.75. The van der Waals surface area contributed by atoms with Crippen LogP contribution in [-0.4, -0.2) is 11.9 Å². The van der Waals surface area contributed by atoms with E-state index in [4.69, 9.17) is 21.7 Å². The number of fused-ring (bicyclic) bond motifs is 1. The molecule has 0 bridgehead atoms. The summed E-state index contributed by atoms with van der Waals surface area (Å²) in [5.74, 6) is 2.51. The molecule has 4 rings (SSSR count). The van der Waals surface area contributed by atoms with Gasteiger partial charge in [0.1, 0.15) is 0 Å². The molecule has 0 spiro atoms. The number of benzene rings is 3. The van der Waals surface area contributed by atoms with Gasteiger partial charge < -0.3 is 20.1 Å². The fraction of sp³-hybridized carbons (Fsp3) is 0.136. The van der Waals surface area contributed by atoms with E-state index in [2.05, 4.69) is 59.2 Å². The van der Waals surface area contributed by atoms with Gasteiger partial charge in [-0.15, -0.1) is 11.8 Å². The fourth-order valence-corrected chi connectivity index (χ4v) is 3.84. The Hall–Kier alpha value is -2.70. The SMILES string of the molecule is S=C(NCc1ccc2c(c1)OCO2)Nc1ccc(CSc2ccccc2)cc1. The number of thiocarbonyl (C=S) groups is 1. The van der Waals surface area contributed by atoms with Crippen molar-refractivity contribution in [3.63, 3.8) is 0 Å². The molecule has 1 heterocycles. The van der Waals surface area contributed by atoms with Gasteiger partial charge in [0.05, 0.1) is 0 Å². The van der Waals surface area contributed by atoms with Crippen LogP contribution in [0.3, 0.4) is 0 Å². The highest BCUT2D eigenvalue weighted by atomic mass is 32.2. The van der Waals surface area contributed by atoms with Crippen molar-refractivity contribution >= 4 is 34.8 Å². The van der Waals surface area contributed by atoms with Crippen LogP contribution in [0, 0.1) is 0 Å². The van der Waals surface area contributed by atoms with Gasteiger partial charge in [-0.3, -0.25) is 0 Å². The van der Waals surface area contributed by atoms with Crippen LogP contribution in [0.25, 0.3) is 0 Å². The van der Waals surface area contributed by atoms with Crippen molar-refractivity contribution in [2.45, 2.75) is 17.2 Å². The minimum Gasteiger partial charge on any atom is -0.454 e. The summed E-state index contributed by atoms with van der Waals surface area (Å²) in [7, 11) is 0. The minimum atomic E-state index is 0.284. The van der Waals surface area contributed by atoms with Crippen LogP contribution in [0.2, 0.25) is 0 Å². The monoisotopic (exact) mass is 408 g/mol. The van der Waals surface area contributed by atoms with Gasteiger partial charge in [0.15, 0.2) is 16.6 Å². The first-order valence-corrected chi connectivity index (χ1v) is 10.4. The molecule has 0 amide bonds. The van der Waals surface area contributed by atoms with Gasteiger partial charge in [-0.25, -0.2) is 0 Å². The van der Waals surface area contributed by atoms with Gasteiger partial charge >= 0.3 is 0 Å². The zero-order chi connectivity index (χ0) is 19.2. The van der Waals surface area contributed by atoms with Crippen LogP contribution < -0.4 is 20.1 Å². The minimum absolute atomic E-state index is 0.284. The van der Waals surface area contributed by atoms with Crippen molar-refractivity contribution in [3.8, 4) is 11.5 Å². The molecule has 0 unspecified atom stereocenters. The van der Waals surface area contributed by atoms with Gasteiger partial charge in [-0.1, -0.05) is 36.4 Å². The third-order valence-electron chi connectivity index (χ3n) is 4.25. The topological polar surface area (TPSA) is 42.5 Å². The van der Waals surface area contributed by atoms with Gasteiger partial charge in [0.25, 0.3) is 0 Å². The number of thioether (sulfide) groups is 1. The lowest BCUT2D eigenvalue weighted by Crippen LogP contribution is -2.27. The Kier molecular flexibility index (Phi) is 5.99. The summed E-state index contributed by atoms with van der Waals surface area (Å²) in [6, 6.07) is 24.7. The second-order valence-electron chi connectivity index (χ2n) is 6.29. The zero-order valence-corrected chi connectivity index (χ0v) is 16.8. The van der Waals surface area contributed by atoms with Crippen molar-refractivity contribution in [2.75, 3.05) is 12.1 Å². The molecule has 1 aliphatic heterocycles. The Bertz CT molecular complexity index is 947. The maximum atomic E-state index is 5.40. The van der Waals surface area contributed by atoms with Gasteiger partial charge in [-0.2, -0.15) is 0 Å². The predicted molar refractivity (Wildman–Crippen MR) is 118 cm³/mol. The van der Waals surface area contributed by atoms with E-state index >= 15 is 0 Å². The van der Waals surface area contributed by atoms with E-state index in [1.807, 2.05) is 36.0 Å². The van der Waals surface area contributed by atoms with Crippen molar-refractivity contribution in [2.24, 2.45) is 0 Å². The molecular weight excluding hydrogens is 388 g/mol. The van der Waals surface area contributed by atoms with Crippen LogP contribution in [-0.2, 0) is 12.3 Å². The van der Waals surface area contributed by atoms with E-state index in [-0.39, 0.29) is 6.79 Å². The fourth-order valence-electron chi connectivity index (χ4n) is 2.78. The first-order valence-electron chi connectivity index (χ1n) is 8.96. The van der Waals surface area contributed by atoms with Crippen molar-refractivity contribution in [1.82, 2.24) is 5.32 Å². The molecule has 142 valence electrons. The summed E-state index contributed by atoms with van der Waals surface area (Å²) in [6.07, 6.45) is 0. The standard InChI is InChI=1S/C22H20N2O2S2/c27-22(23-13-17-8-11-20-21(12-17)26-15-25-20)24-18-9-6-16(7-10-18)14-28-19-4-2-1-3-5-19/h1-12H,13-15H2,(H2,23,24,27). The summed E-state index contributed by atoms with van der Waals surface area (Å²) >= 11 is 7.23. The number of nitrogens with one attached hydrogen (secondary N) is 2. The zero-order valence-electron chi connectivity index (χ0n) is 15.2. The highest BCUT2D eigenvalue weighted by Gasteiger charge is 2.13. The molecule has 0 radical (unpaired) electrons. The quantitative estimate of drug-likeness (QED) is 0.432. The maximum Gasteiger partial charge on any atom is 0.231 e. The summed E-state index contributed by atoms with van der Waals surface area (Å²) in [4.78, 5) is 1.28. The van der Waals surface area contributed by atoms with Crippen LogP contribution >= 0.6 is 24.0 Å². The normalized spacial score (nSPS) is 11.9. The van der Waals surface area contributed by atoms with E-state index in [1.165, 1.54) is 10.5 Å². The lowest BCUT2D eigenvalue weighted by Gasteiger charge is -2.11. The molecule has 28 heavy (non-hydrogen) atoms. The van der Waals surface area contributed by atoms with Gasteiger partial charge in [0.2, 0.25) is 6.79 Å². The van der Waals surface area contributed by atoms with Crippen LogP contribution in [0.4, 0.5) is 5.69 Å². The van der Waals surface area contributed by atoms with E-state index in [1.54, 1.807) is 0 Å². The van der Waals surface area contributed by atoms with E-state index in [0.717, 1.165) is 28.5 Å². The van der Waals surface area contributed by atoms with Crippen molar-refractivity contribution < 1.29 is 9.47 Å². The molecular formula is C22H20N2O2S2. The Balaban J connectivity index is 1.25. The molecule has 2 N–H and O–H groups in total. The highest BCUT2D eigenvalue weighted by Crippen LogP contribution is 2.32. The summed E-state index contributed by atoms with van der Waals surface area (Å²) < 4.78 is 10.7. The number of anilines is 1. The number of rotatable bonds is 6. The van der Waals surface area contributed by atoms with Crippen LogP contribution in [0.5, 0.6) is 11.5 Å². The van der Waals surface area contributed by atoms with Gasteiger partial charge in [-0.05, 0) is 59.7 Å².